The molecule has 5 nitrogen and oxygen atoms in total. The van der Waals surface area contributed by atoms with E-state index in [0.29, 0.717) is 0 Å². The van der Waals surface area contributed by atoms with E-state index in [2.05, 4.69) is 15.7 Å². The van der Waals surface area contributed by atoms with Crippen molar-refractivity contribution in [2.24, 2.45) is 0 Å². The summed E-state index contributed by atoms with van der Waals surface area (Å²) in [5.41, 5.74) is 0.795. The van der Waals surface area contributed by atoms with Gasteiger partial charge in [-0.05, 0) is 18.4 Å². The fraction of sp³-hybridized carbons (Fsp3) is 0.474. The molecule has 1 aliphatic heterocycles. The Hall–Kier alpha value is -2.51. The topological polar surface area (TPSA) is 59.0 Å². The molecule has 0 spiro atoms. The molecule has 2 atom stereocenters. The molecule has 2 N–H and O–H groups in total. The predicted octanol–water partition coefficient (Wildman–Crippen LogP) is 4.22. The minimum absolute atomic E-state index is 0.0207. The van der Waals surface area contributed by atoms with Gasteiger partial charge in [-0.25, -0.2) is 4.68 Å². The van der Waals surface area contributed by atoms with Gasteiger partial charge in [0.05, 0.1) is 6.04 Å². The van der Waals surface area contributed by atoms with Crippen LogP contribution in [0, 0.1) is 0 Å². The number of hydrogen-bond donors (Lipinski definition) is 2. The summed E-state index contributed by atoms with van der Waals surface area (Å²) in [5, 5.41) is 9.97. The zero-order chi connectivity index (χ0) is 19.0. The molecule has 27 heavy (non-hydrogen) atoms. The summed E-state index contributed by atoms with van der Waals surface area (Å²) >= 11 is 0. The molecular formula is C19H21F3N4O. The third kappa shape index (κ3) is 3.65. The summed E-state index contributed by atoms with van der Waals surface area (Å²) in [6.07, 6.45) is -0.708. The number of nitrogens with zero attached hydrogens (tertiary/aromatic N) is 2. The van der Waals surface area contributed by atoms with Crippen molar-refractivity contribution < 1.29 is 18.0 Å². The van der Waals surface area contributed by atoms with Crippen LogP contribution in [0.5, 0.6) is 0 Å². The lowest BCUT2D eigenvalue weighted by atomic mass is 9.97. The number of fused-ring (bicyclic) bond motifs is 1. The van der Waals surface area contributed by atoms with Crippen molar-refractivity contribution in [2.45, 2.75) is 56.4 Å². The number of carbonyl (C=O) groups excluding carboxylic acids is 1. The van der Waals surface area contributed by atoms with E-state index in [9.17, 15) is 18.0 Å². The van der Waals surface area contributed by atoms with Gasteiger partial charge in [0.15, 0.2) is 11.7 Å². The van der Waals surface area contributed by atoms with Crippen molar-refractivity contribution in [2.75, 3.05) is 5.32 Å². The largest absolute Gasteiger partial charge is 0.410 e. The molecule has 0 unspecified atom stereocenters. The van der Waals surface area contributed by atoms with E-state index in [-0.39, 0.29) is 24.0 Å². The molecule has 1 fully saturated rings. The van der Waals surface area contributed by atoms with Crippen LogP contribution in [0.3, 0.4) is 0 Å². The van der Waals surface area contributed by atoms with Gasteiger partial charge >= 0.3 is 6.18 Å². The van der Waals surface area contributed by atoms with Crippen molar-refractivity contribution in [1.82, 2.24) is 15.1 Å². The molecule has 0 saturated heterocycles. The number of benzene rings is 1. The van der Waals surface area contributed by atoms with Crippen LogP contribution >= 0.6 is 0 Å². The first kappa shape index (κ1) is 17.9. The predicted molar refractivity (Wildman–Crippen MR) is 94.5 cm³/mol. The van der Waals surface area contributed by atoms with Gasteiger partial charge < -0.3 is 10.6 Å². The van der Waals surface area contributed by atoms with E-state index < -0.39 is 24.2 Å². The monoisotopic (exact) mass is 378 g/mol. The maximum Gasteiger partial charge on any atom is 0.410 e. The SMILES string of the molecule is O=C(NC1CCCC1)c1cc2n(n1)[C@H](C(F)(F)F)C[C@H](c1ccccc1)N2. The molecule has 8 heteroatoms. The second-order valence-corrected chi connectivity index (χ2v) is 7.21. The minimum Gasteiger partial charge on any atom is -0.363 e. The summed E-state index contributed by atoms with van der Waals surface area (Å²) in [6, 6.07) is 8.24. The van der Waals surface area contributed by atoms with Crippen LogP contribution in [0.4, 0.5) is 19.0 Å². The average Bonchev–Trinajstić information content (AvgIpc) is 3.29. The highest BCUT2D eigenvalue weighted by molar-refractivity contribution is 5.93. The Balaban J connectivity index is 1.62. The van der Waals surface area contributed by atoms with E-state index >= 15 is 0 Å². The lowest BCUT2D eigenvalue weighted by molar-refractivity contribution is -0.173. The highest BCUT2D eigenvalue weighted by Crippen LogP contribution is 2.43. The number of alkyl halides is 3. The number of amides is 1. The van der Waals surface area contributed by atoms with Gasteiger partial charge in [0, 0.05) is 18.5 Å². The molecule has 0 radical (unpaired) electrons. The fourth-order valence-corrected chi connectivity index (χ4v) is 3.92. The Kier molecular flexibility index (Phi) is 4.57. The molecule has 1 aromatic carbocycles. The van der Waals surface area contributed by atoms with Gasteiger partial charge in [0.2, 0.25) is 0 Å². The summed E-state index contributed by atoms with van der Waals surface area (Å²) < 4.78 is 41.9. The molecule has 4 rings (SSSR count). The Labute approximate surface area is 154 Å². The first-order valence-electron chi connectivity index (χ1n) is 9.20. The summed E-state index contributed by atoms with van der Waals surface area (Å²) in [7, 11) is 0. The smallest absolute Gasteiger partial charge is 0.363 e. The first-order chi connectivity index (χ1) is 12.9. The highest BCUT2D eigenvalue weighted by Gasteiger charge is 2.46. The summed E-state index contributed by atoms with van der Waals surface area (Å²) in [4.78, 5) is 12.4. The zero-order valence-corrected chi connectivity index (χ0v) is 14.7. The maximum atomic E-state index is 13.7. The standard InChI is InChI=1S/C19H21F3N4O/c20-19(21,22)16-10-14(12-6-2-1-3-7-12)24-17-11-15(25-26(16)17)18(27)23-13-8-4-5-9-13/h1-3,6-7,11,13-14,16,24H,4-5,8-10H2,(H,23,27)/t14-,16+/m1/s1. The average molecular weight is 378 g/mol. The van der Waals surface area contributed by atoms with E-state index in [1.807, 2.05) is 6.07 Å². The van der Waals surface area contributed by atoms with Crippen LogP contribution in [-0.2, 0) is 0 Å². The van der Waals surface area contributed by atoms with Crippen LogP contribution in [-0.4, -0.2) is 27.9 Å². The van der Waals surface area contributed by atoms with Gasteiger partial charge in [-0.15, -0.1) is 0 Å². The molecule has 1 aliphatic carbocycles. The van der Waals surface area contributed by atoms with Crippen molar-refractivity contribution >= 4 is 11.7 Å². The van der Waals surface area contributed by atoms with Crippen LogP contribution in [0.2, 0.25) is 0 Å². The summed E-state index contributed by atoms with van der Waals surface area (Å²) in [6.45, 7) is 0. The zero-order valence-electron chi connectivity index (χ0n) is 14.7. The second kappa shape index (κ2) is 6.90. The van der Waals surface area contributed by atoms with E-state index in [0.717, 1.165) is 35.9 Å². The lowest BCUT2D eigenvalue weighted by Crippen LogP contribution is -2.36. The molecular weight excluding hydrogens is 357 g/mol. The molecule has 1 amide bonds. The van der Waals surface area contributed by atoms with Crippen LogP contribution in [0.1, 0.15) is 60.2 Å². The highest BCUT2D eigenvalue weighted by atomic mass is 19.4. The molecule has 1 aromatic heterocycles. The molecule has 2 aliphatic rings. The molecule has 2 heterocycles. The van der Waals surface area contributed by atoms with Gasteiger partial charge in [0.1, 0.15) is 5.82 Å². The maximum absolute atomic E-state index is 13.7. The number of aromatic nitrogens is 2. The molecule has 0 bridgehead atoms. The fourth-order valence-electron chi connectivity index (χ4n) is 3.92. The molecule has 1 saturated carbocycles. The van der Waals surface area contributed by atoms with E-state index in [1.165, 1.54) is 6.07 Å². The second-order valence-electron chi connectivity index (χ2n) is 7.21. The third-order valence-electron chi connectivity index (χ3n) is 5.31. The van der Waals surface area contributed by atoms with Crippen LogP contribution in [0.25, 0.3) is 0 Å². The summed E-state index contributed by atoms with van der Waals surface area (Å²) in [5.74, 6) is -0.197. The Morgan fingerprint density at radius 3 is 2.56 bits per heavy atom. The van der Waals surface area contributed by atoms with Gasteiger partial charge in [-0.3, -0.25) is 4.79 Å². The van der Waals surface area contributed by atoms with E-state index in [4.69, 9.17) is 0 Å². The number of nitrogens with one attached hydrogen (secondary N) is 2. The third-order valence-corrected chi connectivity index (χ3v) is 5.31. The Bertz CT molecular complexity index is 812. The van der Waals surface area contributed by atoms with Gasteiger partial charge in [-0.1, -0.05) is 43.2 Å². The van der Waals surface area contributed by atoms with Crippen molar-refractivity contribution in [3.05, 3.63) is 47.7 Å². The van der Waals surface area contributed by atoms with Crippen molar-refractivity contribution in [1.29, 1.82) is 0 Å². The first-order valence-corrected chi connectivity index (χ1v) is 9.20. The normalized spacial score (nSPS) is 22.9. The van der Waals surface area contributed by atoms with Crippen LogP contribution < -0.4 is 10.6 Å². The number of carbonyl (C=O) groups is 1. The number of halogens is 3. The van der Waals surface area contributed by atoms with Gasteiger partial charge in [0.25, 0.3) is 5.91 Å². The molecule has 144 valence electrons. The quantitative estimate of drug-likeness (QED) is 0.841. The van der Waals surface area contributed by atoms with Crippen LogP contribution in [0.15, 0.2) is 36.4 Å². The minimum atomic E-state index is -4.45. The number of anilines is 1. The molecule has 2 aromatic rings. The Morgan fingerprint density at radius 1 is 1.19 bits per heavy atom. The number of hydrogen-bond acceptors (Lipinski definition) is 3. The lowest BCUT2D eigenvalue weighted by Gasteiger charge is -2.33. The van der Waals surface area contributed by atoms with Crippen molar-refractivity contribution in [3.8, 4) is 0 Å². The Morgan fingerprint density at radius 2 is 1.89 bits per heavy atom. The van der Waals surface area contributed by atoms with Gasteiger partial charge in [-0.2, -0.15) is 18.3 Å². The number of rotatable bonds is 3. The van der Waals surface area contributed by atoms with Crippen molar-refractivity contribution in [3.63, 3.8) is 0 Å². The van der Waals surface area contributed by atoms with E-state index in [1.54, 1.807) is 24.3 Å².